The van der Waals surface area contributed by atoms with Crippen LogP contribution in [0, 0.1) is 0 Å². The zero-order valence-electron chi connectivity index (χ0n) is 17.2. The summed E-state index contributed by atoms with van der Waals surface area (Å²) >= 11 is 0. The van der Waals surface area contributed by atoms with E-state index in [-0.39, 0.29) is 11.7 Å². The summed E-state index contributed by atoms with van der Waals surface area (Å²) in [6.07, 6.45) is 3.76. The molecule has 2 aromatic rings. The highest BCUT2D eigenvalue weighted by Gasteiger charge is 2.38. The van der Waals surface area contributed by atoms with Gasteiger partial charge < -0.3 is 15.4 Å². The van der Waals surface area contributed by atoms with Crippen LogP contribution in [0.15, 0.2) is 71.2 Å². The first-order valence-corrected chi connectivity index (χ1v) is 10.3. The fourth-order valence-electron chi connectivity index (χ4n) is 4.16. The smallest absolute Gasteiger partial charge is 0.255 e. The van der Waals surface area contributed by atoms with E-state index in [9.17, 15) is 9.59 Å². The van der Waals surface area contributed by atoms with E-state index in [0.717, 1.165) is 35.5 Å². The Morgan fingerprint density at radius 3 is 2.70 bits per heavy atom. The molecule has 1 aliphatic heterocycles. The number of carbonyl (C=O) groups is 2. The van der Waals surface area contributed by atoms with Crippen LogP contribution in [0.3, 0.4) is 0 Å². The molecule has 1 aromatic carbocycles. The third-order valence-electron chi connectivity index (χ3n) is 5.45. The van der Waals surface area contributed by atoms with E-state index < -0.39 is 5.92 Å². The molecular weight excluding hydrogens is 378 g/mol. The number of rotatable bonds is 5. The van der Waals surface area contributed by atoms with Gasteiger partial charge in [-0.2, -0.15) is 0 Å². The van der Waals surface area contributed by atoms with Gasteiger partial charge in [0.05, 0.1) is 6.61 Å². The highest BCUT2D eigenvalue weighted by Crippen LogP contribution is 2.42. The number of ether oxygens (including phenoxy) is 1. The normalized spacial score (nSPS) is 18.6. The molecule has 0 radical (unpaired) electrons. The van der Waals surface area contributed by atoms with Crippen LogP contribution in [0.2, 0.25) is 0 Å². The lowest BCUT2D eigenvalue weighted by molar-refractivity contribution is -0.116. The van der Waals surface area contributed by atoms with Gasteiger partial charge in [-0.25, -0.2) is 4.98 Å². The molecule has 0 saturated carbocycles. The van der Waals surface area contributed by atoms with Crippen molar-refractivity contribution in [2.75, 3.05) is 11.9 Å². The van der Waals surface area contributed by atoms with Crippen molar-refractivity contribution in [1.29, 1.82) is 0 Å². The third-order valence-corrected chi connectivity index (χ3v) is 5.45. The van der Waals surface area contributed by atoms with Crippen molar-refractivity contribution in [3.05, 3.63) is 76.8 Å². The van der Waals surface area contributed by atoms with Gasteiger partial charge >= 0.3 is 0 Å². The number of nitrogens with zero attached hydrogens (tertiary/aromatic N) is 1. The number of Topliss-reactive ketones (excluding diaryl/α,β-unsaturated/α-hetero) is 1. The number of hydrogen-bond acceptors (Lipinski definition) is 5. The number of amides is 1. The standard InChI is InChI=1S/C24H25N3O3/c1-3-30-17-12-10-16(11-13-17)22-21(24(29)27-20-9-4-5-14-25-20)15(2)26-18-7-6-8-19(28)23(18)22/h4-5,9-14,22,26H,3,6-8H2,1-2H3,(H,25,27,29)/t22-/m1/s1. The third kappa shape index (κ3) is 3.85. The van der Waals surface area contributed by atoms with Crippen molar-refractivity contribution in [1.82, 2.24) is 10.3 Å². The van der Waals surface area contributed by atoms with Gasteiger partial charge in [-0.05, 0) is 56.5 Å². The minimum atomic E-state index is -0.423. The minimum Gasteiger partial charge on any atom is -0.494 e. The first kappa shape index (κ1) is 19.9. The van der Waals surface area contributed by atoms with E-state index in [1.807, 2.05) is 44.2 Å². The Hall–Kier alpha value is -3.41. The second-order valence-electron chi connectivity index (χ2n) is 7.44. The second kappa shape index (κ2) is 8.53. The van der Waals surface area contributed by atoms with Gasteiger partial charge in [0.25, 0.3) is 5.91 Å². The number of carbonyl (C=O) groups excluding carboxylic acids is 2. The van der Waals surface area contributed by atoms with E-state index in [1.165, 1.54) is 0 Å². The van der Waals surface area contributed by atoms with Gasteiger partial charge in [-0.1, -0.05) is 18.2 Å². The molecule has 0 saturated heterocycles. The second-order valence-corrected chi connectivity index (χ2v) is 7.44. The molecule has 1 amide bonds. The molecule has 2 aliphatic rings. The van der Waals surface area contributed by atoms with Crippen LogP contribution in [0.25, 0.3) is 0 Å². The molecule has 2 N–H and O–H groups in total. The Labute approximate surface area is 176 Å². The van der Waals surface area contributed by atoms with Crippen molar-refractivity contribution >= 4 is 17.5 Å². The molecule has 1 aliphatic carbocycles. The van der Waals surface area contributed by atoms with Gasteiger partial charge in [0.15, 0.2) is 5.78 Å². The van der Waals surface area contributed by atoms with Crippen LogP contribution >= 0.6 is 0 Å². The minimum absolute atomic E-state index is 0.0956. The maximum atomic E-state index is 13.3. The Kier molecular flexibility index (Phi) is 5.65. The summed E-state index contributed by atoms with van der Waals surface area (Å²) in [5, 5.41) is 6.21. The van der Waals surface area contributed by atoms with Crippen molar-refractivity contribution in [3.8, 4) is 5.75 Å². The van der Waals surface area contributed by atoms with Gasteiger partial charge in [0.2, 0.25) is 0 Å². The van der Waals surface area contributed by atoms with Crippen LogP contribution in [-0.4, -0.2) is 23.3 Å². The fraction of sp³-hybridized carbons (Fsp3) is 0.292. The number of nitrogens with one attached hydrogen (secondary N) is 2. The average Bonchev–Trinajstić information content (AvgIpc) is 2.74. The lowest BCUT2D eigenvalue weighted by Crippen LogP contribution is -2.35. The van der Waals surface area contributed by atoms with Gasteiger partial charge in [0.1, 0.15) is 11.6 Å². The molecule has 4 rings (SSSR count). The molecule has 30 heavy (non-hydrogen) atoms. The Morgan fingerprint density at radius 2 is 2.00 bits per heavy atom. The first-order chi connectivity index (χ1) is 14.6. The summed E-state index contributed by atoms with van der Waals surface area (Å²) in [6, 6.07) is 13.0. The fourth-order valence-corrected chi connectivity index (χ4v) is 4.16. The van der Waals surface area contributed by atoms with Crippen molar-refractivity contribution in [3.63, 3.8) is 0 Å². The maximum Gasteiger partial charge on any atom is 0.255 e. The number of benzene rings is 1. The van der Waals surface area contributed by atoms with E-state index in [4.69, 9.17) is 4.74 Å². The predicted molar refractivity (Wildman–Crippen MR) is 115 cm³/mol. The number of allylic oxidation sites excluding steroid dienone is 3. The van der Waals surface area contributed by atoms with Crippen LogP contribution in [0.4, 0.5) is 5.82 Å². The van der Waals surface area contributed by atoms with E-state index in [0.29, 0.717) is 30.0 Å². The van der Waals surface area contributed by atoms with Crippen LogP contribution in [0.5, 0.6) is 5.75 Å². The number of dihydropyridines is 1. The molecule has 0 fully saturated rings. The SMILES string of the molecule is CCOc1ccc([C@@H]2C(C(=O)Nc3ccccn3)=C(C)NC3=C2C(=O)CCC3)cc1. The number of anilines is 1. The summed E-state index contributed by atoms with van der Waals surface area (Å²) in [5.74, 6) is 0.650. The highest BCUT2D eigenvalue weighted by molar-refractivity contribution is 6.09. The topological polar surface area (TPSA) is 80.3 Å². The highest BCUT2D eigenvalue weighted by atomic mass is 16.5. The molecular formula is C24H25N3O3. The quantitative estimate of drug-likeness (QED) is 0.786. The van der Waals surface area contributed by atoms with Crippen LogP contribution < -0.4 is 15.4 Å². The Balaban J connectivity index is 1.76. The summed E-state index contributed by atoms with van der Waals surface area (Å²) in [7, 11) is 0. The monoisotopic (exact) mass is 403 g/mol. The lowest BCUT2D eigenvalue weighted by Gasteiger charge is -2.34. The lowest BCUT2D eigenvalue weighted by atomic mass is 9.75. The van der Waals surface area contributed by atoms with Gasteiger partial charge in [-0.3, -0.25) is 9.59 Å². The molecule has 0 bridgehead atoms. The van der Waals surface area contributed by atoms with Crippen molar-refractivity contribution < 1.29 is 14.3 Å². The van der Waals surface area contributed by atoms with E-state index in [1.54, 1.807) is 18.3 Å². The Bertz CT molecular complexity index is 1020. The molecule has 0 unspecified atom stereocenters. The van der Waals surface area contributed by atoms with Crippen molar-refractivity contribution in [2.24, 2.45) is 0 Å². The van der Waals surface area contributed by atoms with E-state index >= 15 is 0 Å². The predicted octanol–water partition coefficient (Wildman–Crippen LogP) is 4.09. The summed E-state index contributed by atoms with van der Waals surface area (Å²) in [6.45, 7) is 4.40. The summed E-state index contributed by atoms with van der Waals surface area (Å²) in [5.41, 5.74) is 3.82. The molecule has 154 valence electrons. The molecule has 0 spiro atoms. The van der Waals surface area contributed by atoms with Gasteiger partial charge in [-0.15, -0.1) is 0 Å². The number of hydrogen-bond donors (Lipinski definition) is 2. The summed E-state index contributed by atoms with van der Waals surface area (Å²) in [4.78, 5) is 30.4. The number of ketones is 1. The van der Waals surface area contributed by atoms with Gasteiger partial charge in [0, 0.05) is 41.1 Å². The summed E-state index contributed by atoms with van der Waals surface area (Å²) < 4.78 is 5.56. The number of aromatic nitrogens is 1. The first-order valence-electron chi connectivity index (χ1n) is 10.3. The van der Waals surface area contributed by atoms with Crippen molar-refractivity contribution in [2.45, 2.75) is 39.0 Å². The average molecular weight is 403 g/mol. The largest absolute Gasteiger partial charge is 0.494 e. The molecule has 6 nitrogen and oxygen atoms in total. The zero-order chi connectivity index (χ0) is 21.1. The van der Waals surface area contributed by atoms with Crippen LogP contribution in [-0.2, 0) is 9.59 Å². The van der Waals surface area contributed by atoms with Crippen LogP contribution in [0.1, 0.15) is 44.6 Å². The van der Waals surface area contributed by atoms with E-state index in [2.05, 4.69) is 15.6 Å². The Morgan fingerprint density at radius 1 is 1.20 bits per heavy atom. The molecule has 1 atom stereocenters. The zero-order valence-corrected chi connectivity index (χ0v) is 17.2. The molecule has 1 aromatic heterocycles. The molecule has 2 heterocycles. The number of pyridine rings is 1. The molecule has 6 heteroatoms. The maximum absolute atomic E-state index is 13.3.